The first-order valence-electron chi connectivity index (χ1n) is 5.40. The van der Waals surface area contributed by atoms with Gasteiger partial charge in [-0.2, -0.15) is 0 Å². The van der Waals surface area contributed by atoms with Crippen molar-refractivity contribution in [2.24, 2.45) is 0 Å². The molecule has 0 atom stereocenters. The van der Waals surface area contributed by atoms with Crippen LogP contribution in [0, 0.1) is 0 Å². The standard InChI is InChI=1S/C11H16BrNOS/c12-11-4-3-10(15-11)5-7-14-8-6-13-9-1-2-9/h3-4,9,13H,1-2,5-8H2. The smallest absolute Gasteiger partial charge is 0.0701 e. The van der Waals surface area contributed by atoms with Crippen LogP contribution >= 0.6 is 27.3 Å². The van der Waals surface area contributed by atoms with Crippen LogP contribution in [0.4, 0.5) is 0 Å². The number of hydrogen-bond acceptors (Lipinski definition) is 3. The Hall–Kier alpha value is 0.1000. The molecule has 1 aliphatic rings. The molecule has 1 heterocycles. The average Bonchev–Trinajstić information content (AvgIpc) is 2.95. The molecule has 2 nitrogen and oxygen atoms in total. The van der Waals surface area contributed by atoms with E-state index in [1.807, 2.05) is 0 Å². The number of rotatable bonds is 7. The Morgan fingerprint density at radius 1 is 1.40 bits per heavy atom. The predicted molar refractivity (Wildman–Crippen MR) is 67.6 cm³/mol. The van der Waals surface area contributed by atoms with Crippen molar-refractivity contribution in [1.29, 1.82) is 0 Å². The normalized spacial score (nSPS) is 15.8. The van der Waals surface area contributed by atoms with Crippen LogP contribution in [0.1, 0.15) is 17.7 Å². The van der Waals surface area contributed by atoms with Gasteiger partial charge in [-0.1, -0.05) is 0 Å². The largest absolute Gasteiger partial charge is 0.380 e. The van der Waals surface area contributed by atoms with Gasteiger partial charge < -0.3 is 10.1 Å². The first-order valence-corrected chi connectivity index (χ1v) is 7.01. The van der Waals surface area contributed by atoms with E-state index in [0.29, 0.717) is 0 Å². The SMILES string of the molecule is Brc1ccc(CCOCCNC2CC2)s1. The predicted octanol–water partition coefficient (Wildman–Crippen LogP) is 2.82. The summed E-state index contributed by atoms with van der Waals surface area (Å²) in [6.07, 6.45) is 3.73. The summed E-state index contributed by atoms with van der Waals surface area (Å²) in [4.78, 5) is 1.39. The molecule has 0 aromatic carbocycles. The Kier molecular flexibility index (Phi) is 4.62. The minimum Gasteiger partial charge on any atom is -0.380 e. The number of halogens is 1. The van der Waals surface area contributed by atoms with E-state index >= 15 is 0 Å². The maximum absolute atomic E-state index is 5.55. The molecule has 2 rings (SSSR count). The maximum atomic E-state index is 5.55. The third-order valence-corrected chi connectivity index (χ3v) is 4.06. The van der Waals surface area contributed by atoms with Crippen LogP contribution in [0.3, 0.4) is 0 Å². The summed E-state index contributed by atoms with van der Waals surface area (Å²) in [6.45, 7) is 2.67. The lowest BCUT2D eigenvalue weighted by molar-refractivity contribution is 0.139. The van der Waals surface area contributed by atoms with Gasteiger partial charge in [0.1, 0.15) is 0 Å². The molecule has 1 aromatic rings. The third-order valence-electron chi connectivity index (χ3n) is 2.38. The fraction of sp³-hybridized carbons (Fsp3) is 0.636. The second-order valence-corrected chi connectivity index (χ2v) is 6.34. The van der Waals surface area contributed by atoms with Crippen molar-refractivity contribution >= 4 is 27.3 Å². The number of thiophene rings is 1. The van der Waals surface area contributed by atoms with Crippen molar-refractivity contribution < 1.29 is 4.74 Å². The van der Waals surface area contributed by atoms with Gasteiger partial charge in [0.05, 0.1) is 17.0 Å². The van der Waals surface area contributed by atoms with Crippen molar-refractivity contribution in [3.8, 4) is 0 Å². The van der Waals surface area contributed by atoms with E-state index in [1.54, 1.807) is 11.3 Å². The molecule has 0 amide bonds. The van der Waals surface area contributed by atoms with Gasteiger partial charge >= 0.3 is 0 Å². The molecule has 84 valence electrons. The molecule has 4 heteroatoms. The minimum atomic E-state index is 0.793. The van der Waals surface area contributed by atoms with Crippen LogP contribution in [0.25, 0.3) is 0 Å². The highest BCUT2D eigenvalue weighted by molar-refractivity contribution is 9.11. The minimum absolute atomic E-state index is 0.793. The summed E-state index contributed by atoms with van der Waals surface area (Å²) < 4.78 is 6.76. The zero-order valence-electron chi connectivity index (χ0n) is 8.67. The Morgan fingerprint density at radius 2 is 2.27 bits per heavy atom. The first-order chi connectivity index (χ1) is 7.34. The highest BCUT2D eigenvalue weighted by Crippen LogP contribution is 2.22. The van der Waals surface area contributed by atoms with Gasteiger partial charge in [0.2, 0.25) is 0 Å². The molecule has 1 aliphatic carbocycles. The van der Waals surface area contributed by atoms with E-state index in [0.717, 1.165) is 32.2 Å². The van der Waals surface area contributed by atoms with E-state index < -0.39 is 0 Å². The van der Waals surface area contributed by atoms with E-state index in [-0.39, 0.29) is 0 Å². The first kappa shape index (κ1) is 11.6. The maximum Gasteiger partial charge on any atom is 0.0701 e. The highest BCUT2D eigenvalue weighted by Gasteiger charge is 2.19. The van der Waals surface area contributed by atoms with Crippen molar-refractivity contribution in [2.45, 2.75) is 25.3 Å². The molecule has 0 saturated heterocycles. The van der Waals surface area contributed by atoms with E-state index in [2.05, 4.69) is 33.4 Å². The monoisotopic (exact) mass is 289 g/mol. The van der Waals surface area contributed by atoms with Gasteiger partial charge in [0.25, 0.3) is 0 Å². The van der Waals surface area contributed by atoms with Gasteiger partial charge in [-0.05, 0) is 40.9 Å². The van der Waals surface area contributed by atoms with Crippen LogP contribution in [0.15, 0.2) is 15.9 Å². The van der Waals surface area contributed by atoms with Crippen molar-refractivity contribution in [3.63, 3.8) is 0 Å². The van der Waals surface area contributed by atoms with Crippen molar-refractivity contribution in [1.82, 2.24) is 5.32 Å². The molecular weight excluding hydrogens is 274 g/mol. The summed E-state index contributed by atoms with van der Waals surface area (Å²) in [5.41, 5.74) is 0. The second kappa shape index (κ2) is 5.99. The average molecular weight is 290 g/mol. The fourth-order valence-corrected chi connectivity index (χ4v) is 2.85. The quantitative estimate of drug-likeness (QED) is 0.780. The summed E-state index contributed by atoms with van der Waals surface area (Å²) >= 11 is 5.24. The lowest BCUT2D eigenvalue weighted by Gasteiger charge is -2.03. The Balaban J connectivity index is 1.47. The topological polar surface area (TPSA) is 21.3 Å². The number of nitrogens with one attached hydrogen (secondary N) is 1. The lowest BCUT2D eigenvalue weighted by Crippen LogP contribution is -2.22. The molecule has 0 bridgehead atoms. The molecule has 1 aromatic heterocycles. The zero-order valence-corrected chi connectivity index (χ0v) is 11.1. The van der Waals surface area contributed by atoms with Crippen LogP contribution in [-0.2, 0) is 11.2 Å². The molecule has 1 N–H and O–H groups in total. The lowest BCUT2D eigenvalue weighted by atomic mass is 10.4. The number of ether oxygens (including phenoxy) is 1. The van der Waals surface area contributed by atoms with Crippen LogP contribution < -0.4 is 5.32 Å². The van der Waals surface area contributed by atoms with Gasteiger partial charge in [-0.3, -0.25) is 0 Å². The summed E-state index contributed by atoms with van der Waals surface area (Å²) in [7, 11) is 0. The molecule has 1 saturated carbocycles. The van der Waals surface area contributed by atoms with E-state index in [1.165, 1.54) is 21.5 Å². The molecule has 0 spiro atoms. The van der Waals surface area contributed by atoms with E-state index in [9.17, 15) is 0 Å². The third kappa shape index (κ3) is 4.64. The fourth-order valence-electron chi connectivity index (χ4n) is 1.38. The Bertz CT molecular complexity index is 299. The van der Waals surface area contributed by atoms with Crippen LogP contribution in [0.5, 0.6) is 0 Å². The molecule has 0 unspecified atom stereocenters. The summed E-state index contributed by atoms with van der Waals surface area (Å²) in [5.74, 6) is 0. The molecule has 15 heavy (non-hydrogen) atoms. The van der Waals surface area contributed by atoms with Crippen molar-refractivity contribution in [2.75, 3.05) is 19.8 Å². The van der Waals surface area contributed by atoms with Crippen LogP contribution in [0.2, 0.25) is 0 Å². The van der Waals surface area contributed by atoms with Gasteiger partial charge in [-0.15, -0.1) is 11.3 Å². The summed E-state index contributed by atoms with van der Waals surface area (Å²) in [6, 6.07) is 5.04. The number of hydrogen-bond donors (Lipinski definition) is 1. The molecule has 1 fully saturated rings. The summed E-state index contributed by atoms with van der Waals surface area (Å²) in [5, 5.41) is 3.43. The van der Waals surface area contributed by atoms with Gasteiger partial charge in [0, 0.05) is 23.9 Å². The van der Waals surface area contributed by atoms with Crippen molar-refractivity contribution in [3.05, 3.63) is 20.8 Å². The second-order valence-electron chi connectivity index (χ2n) is 3.80. The Morgan fingerprint density at radius 3 is 2.93 bits per heavy atom. The zero-order chi connectivity index (χ0) is 10.5. The highest BCUT2D eigenvalue weighted by atomic mass is 79.9. The Labute approximate surface area is 103 Å². The molecular formula is C11H16BrNOS. The van der Waals surface area contributed by atoms with Gasteiger partial charge in [0.15, 0.2) is 0 Å². The van der Waals surface area contributed by atoms with Crippen LogP contribution in [-0.4, -0.2) is 25.8 Å². The van der Waals surface area contributed by atoms with Gasteiger partial charge in [-0.25, -0.2) is 0 Å². The molecule has 0 radical (unpaired) electrons. The van der Waals surface area contributed by atoms with E-state index in [4.69, 9.17) is 4.74 Å². The molecule has 0 aliphatic heterocycles.